The molecule has 34 heavy (non-hydrogen) atoms. The summed E-state index contributed by atoms with van der Waals surface area (Å²) in [5.74, 6) is -1.13. The molecule has 2 aliphatic carbocycles. The van der Waals surface area contributed by atoms with E-state index < -0.39 is 11.6 Å². The van der Waals surface area contributed by atoms with Gasteiger partial charge in [0.25, 0.3) is 0 Å². The second-order valence-electron chi connectivity index (χ2n) is 10.2. The smallest absolute Gasteiger partial charge is 0.169 e. The molecule has 2 aliphatic heterocycles. The first-order valence-electron chi connectivity index (χ1n) is 13.0. The first kappa shape index (κ1) is 24.0. The fourth-order valence-corrected chi connectivity index (χ4v) is 6.08. The van der Waals surface area contributed by atoms with Crippen LogP contribution < -0.4 is 0 Å². The van der Waals surface area contributed by atoms with Crippen LogP contribution in [-0.4, -0.2) is 49.6 Å². The third-order valence-electron chi connectivity index (χ3n) is 7.84. The number of nitrogens with zero attached hydrogens (tertiary/aromatic N) is 3. The molecule has 186 valence electrons. The maximum Gasteiger partial charge on any atom is 0.169 e. The average molecular weight is 472 g/mol. The van der Waals surface area contributed by atoms with Crippen molar-refractivity contribution >= 4 is 0 Å². The van der Waals surface area contributed by atoms with Gasteiger partial charge in [-0.3, -0.25) is 0 Å². The standard InChI is InChI=1S/C26H37N3O5/c27-29-28-16-22-24(34-26(32-22)14-8-3-9-15-26)21(18-30-17-20-10-4-1-5-11-20)23-19-31-25(33-23)12-6-2-7-13-25/h1,4-5,10-11,21-24H,2-3,6-9,12-19H2/t21-,22-,23-,24-/m1/s1. The van der Waals surface area contributed by atoms with Crippen LogP contribution in [0.3, 0.4) is 0 Å². The van der Waals surface area contributed by atoms with Gasteiger partial charge >= 0.3 is 0 Å². The van der Waals surface area contributed by atoms with E-state index in [-0.39, 0.29) is 30.8 Å². The number of hydrogen-bond acceptors (Lipinski definition) is 6. The Labute approximate surface area is 201 Å². The Morgan fingerprint density at radius 3 is 2.35 bits per heavy atom. The second-order valence-corrected chi connectivity index (χ2v) is 10.2. The molecule has 5 rings (SSSR count). The Kier molecular flexibility index (Phi) is 7.74. The Balaban J connectivity index is 1.34. The maximum absolute atomic E-state index is 8.99. The molecule has 2 saturated carbocycles. The van der Waals surface area contributed by atoms with Crippen LogP contribution in [0.4, 0.5) is 0 Å². The lowest BCUT2D eigenvalue weighted by atomic mass is 9.92. The summed E-state index contributed by atoms with van der Waals surface area (Å²) in [6.45, 7) is 1.77. The molecule has 0 N–H and O–H groups in total. The highest BCUT2D eigenvalue weighted by Gasteiger charge is 2.54. The molecular weight excluding hydrogens is 434 g/mol. The number of ether oxygens (including phenoxy) is 5. The molecule has 2 saturated heterocycles. The van der Waals surface area contributed by atoms with Crippen molar-refractivity contribution < 1.29 is 23.7 Å². The molecule has 8 heteroatoms. The second kappa shape index (κ2) is 10.9. The molecule has 0 aromatic heterocycles. The zero-order valence-corrected chi connectivity index (χ0v) is 20.0. The Morgan fingerprint density at radius 1 is 0.941 bits per heavy atom. The molecule has 4 atom stereocenters. The minimum Gasteiger partial charge on any atom is -0.376 e. The molecule has 0 bridgehead atoms. The van der Waals surface area contributed by atoms with Crippen molar-refractivity contribution in [1.29, 1.82) is 0 Å². The zero-order valence-electron chi connectivity index (χ0n) is 20.0. The van der Waals surface area contributed by atoms with Crippen LogP contribution in [0.1, 0.15) is 69.8 Å². The predicted octanol–water partition coefficient (Wildman–Crippen LogP) is 5.65. The van der Waals surface area contributed by atoms with Gasteiger partial charge in [0.1, 0.15) is 0 Å². The van der Waals surface area contributed by atoms with E-state index in [2.05, 4.69) is 22.2 Å². The van der Waals surface area contributed by atoms with Crippen LogP contribution in [0, 0.1) is 5.92 Å². The Morgan fingerprint density at radius 2 is 1.65 bits per heavy atom. The summed E-state index contributed by atoms with van der Waals surface area (Å²) in [5, 5.41) is 3.86. The van der Waals surface area contributed by atoms with Gasteiger partial charge in [-0.2, -0.15) is 0 Å². The molecule has 0 amide bonds. The molecule has 0 radical (unpaired) electrons. The number of benzene rings is 1. The van der Waals surface area contributed by atoms with Crippen LogP contribution in [0.5, 0.6) is 0 Å². The minimum atomic E-state index is -0.585. The van der Waals surface area contributed by atoms with Crippen molar-refractivity contribution in [3.05, 3.63) is 46.3 Å². The fraction of sp³-hybridized carbons (Fsp3) is 0.769. The summed E-state index contributed by atoms with van der Waals surface area (Å²) >= 11 is 0. The molecule has 4 fully saturated rings. The first-order chi connectivity index (χ1) is 16.7. The van der Waals surface area contributed by atoms with Crippen molar-refractivity contribution in [2.24, 2.45) is 11.0 Å². The number of azide groups is 1. The van der Waals surface area contributed by atoms with E-state index in [4.69, 9.17) is 29.2 Å². The number of hydrogen-bond donors (Lipinski definition) is 0. The Hall–Kier alpha value is -1.67. The lowest BCUT2D eigenvalue weighted by Gasteiger charge is -2.35. The number of rotatable bonds is 8. The van der Waals surface area contributed by atoms with E-state index in [0.29, 0.717) is 19.8 Å². The van der Waals surface area contributed by atoms with Gasteiger partial charge in [0.05, 0.1) is 44.7 Å². The van der Waals surface area contributed by atoms with Crippen molar-refractivity contribution in [3.63, 3.8) is 0 Å². The highest BCUT2D eigenvalue weighted by Crippen LogP contribution is 2.46. The van der Waals surface area contributed by atoms with Gasteiger partial charge < -0.3 is 23.7 Å². The third kappa shape index (κ3) is 5.43. The molecule has 1 aromatic rings. The predicted molar refractivity (Wildman–Crippen MR) is 126 cm³/mol. The zero-order chi connectivity index (χ0) is 23.3. The van der Waals surface area contributed by atoms with E-state index in [9.17, 15) is 0 Å². The van der Waals surface area contributed by atoms with Gasteiger partial charge in [0.2, 0.25) is 0 Å². The largest absolute Gasteiger partial charge is 0.376 e. The molecule has 1 aromatic carbocycles. The summed E-state index contributed by atoms with van der Waals surface area (Å²) in [6, 6.07) is 10.2. The van der Waals surface area contributed by atoms with Crippen molar-refractivity contribution in [2.45, 2.75) is 101 Å². The van der Waals surface area contributed by atoms with Crippen LogP contribution in [0.15, 0.2) is 35.4 Å². The van der Waals surface area contributed by atoms with E-state index >= 15 is 0 Å². The van der Waals surface area contributed by atoms with Gasteiger partial charge in [-0.05, 0) is 36.8 Å². The van der Waals surface area contributed by atoms with Gasteiger partial charge in [-0.25, -0.2) is 0 Å². The molecule has 2 heterocycles. The molecule has 8 nitrogen and oxygen atoms in total. The lowest BCUT2D eigenvalue weighted by Crippen LogP contribution is -2.44. The SMILES string of the molecule is [N-]=[N+]=NC[C@H]1OC2(CCCCC2)O[C@@H]1[C@H](COCc1ccccc1)[C@H]1COC2(CCCCC2)O1. The topological polar surface area (TPSA) is 94.9 Å². The van der Waals surface area contributed by atoms with Gasteiger partial charge in [0, 0.05) is 36.5 Å². The third-order valence-corrected chi connectivity index (χ3v) is 7.84. The van der Waals surface area contributed by atoms with Crippen LogP contribution in [0.2, 0.25) is 0 Å². The van der Waals surface area contributed by atoms with Gasteiger partial charge in [0.15, 0.2) is 11.6 Å². The molecule has 0 unspecified atom stereocenters. The maximum atomic E-state index is 8.99. The highest BCUT2D eigenvalue weighted by molar-refractivity contribution is 5.13. The fourth-order valence-electron chi connectivity index (χ4n) is 6.08. The molecule has 4 aliphatic rings. The van der Waals surface area contributed by atoms with Crippen molar-refractivity contribution in [2.75, 3.05) is 19.8 Å². The quantitative estimate of drug-likeness (QED) is 0.277. The molecular formula is C26H37N3O5. The summed E-state index contributed by atoms with van der Waals surface area (Å²) < 4.78 is 32.4. The summed E-state index contributed by atoms with van der Waals surface area (Å²) in [4.78, 5) is 3.00. The summed E-state index contributed by atoms with van der Waals surface area (Å²) in [5.41, 5.74) is 10.1. The highest BCUT2D eigenvalue weighted by atomic mass is 16.8. The van der Waals surface area contributed by atoms with E-state index in [1.54, 1.807) is 0 Å². The van der Waals surface area contributed by atoms with Crippen LogP contribution in [0.25, 0.3) is 10.4 Å². The van der Waals surface area contributed by atoms with Crippen LogP contribution >= 0.6 is 0 Å². The normalized spacial score (nSPS) is 30.9. The first-order valence-corrected chi connectivity index (χ1v) is 13.0. The molecule has 2 spiro atoms. The van der Waals surface area contributed by atoms with E-state index in [1.807, 2.05) is 18.2 Å². The summed E-state index contributed by atoms with van der Waals surface area (Å²) in [6.07, 6.45) is 9.77. The van der Waals surface area contributed by atoms with Crippen LogP contribution in [-0.2, 0) is 30.3 Å². The Bertz CT molecular complexity index is 834. The average Bonchev–Trinajstić information content (AvgIpc) is 3.43. The van der Waals surface area contributed by atoms with E-state index in [1.165, 1.54) is 12.8 Å². The van der Waals surface area contributed by atoms with Crippen molar-refractivity contribution in [3.8, 4) is 0 Å². The van der Waals surface area contributed by atoms with Gasteiger partial charge in [-0.15, -0.1) is 0 Å². The van der Waals surface area contributed by atoms with E-state index in [0.717, 1.165) is 56.9 Å². The monoisotopic (exact) mass is 471 g/mol. The van der Waals surface area contributed by atoms with Crippen molar-refractivity contribution in [1.82, 2.24) is 0 Å². The van der Waals surface area contributed by atoms with Gasteiger partial charge in [-0.1, -0.05) is 48.3 Å². The lowest BCUT2D eigenvalue weighted by molar-refractivity contribution is -0.212. The summed E-state index contributed by atoms with van der Waals surface area (Å²) in [7, 11) is 0. The minimum absolute atomic E-state index is 0.0785.